The molecule has 0 atom stereocenters. The normalized spacial score (nSPS) is 11.4. The average Bonchev–Trinajstić information content (AvgIpc) is 3.12. The Labute approximate surface area is 167 Å². The Morgan fingerprint density at radius 2 is 1.57 bits per heavy atom. The summed E-state index contributed by atoms with van der Waals surface area (Å²) in [6.45, 7) is 12.9. The molecule has 0 N–H and O–H groups in total. The molecule has 2 heteroatoms. The van der Waals surface area contributed by atoms with Crippen molar-refractivity contribution in [2.75, 3.05) is 0 Å². The van der Waals surface area contributed by atoms with Crippen molar-refractivity contribution in [2.45, 2.75) is 26.9 Å². The predicted molar refractivity (Wildman–Crippen MR) is 124 cm³/mol. The molecule has 3 rings (SSSR count). The highest BCUT2D eigenvalue weighted by Gasteiger charge is 2.18. The highest BCUT2D eigenvalue weighted by atomic mass is 15.0. The molecule has 28 heavy (non-hydrogen) atoms. The second-order valence-corrected chi connectivity index (χ2v) is 6.56. The van der Waals surface area contributed by atoms with Crippen LogP contribution in [0.5, 0.6) is 0 Å². The highest BCUT2D eigenvalue weighted by molar-refractivity contribution is 6.05. The summed E-state index contributed by atoms with van der Waals surface area (Å²) in [6.07, 6.45) is 23.2. The van der Waals surface area contributed by atoms with Gasteiger partial charge in [-0.2, -0.15) is 0 Å². The topological polar surface area (TPSA) is 9.86 Å². The number of allylic oxidation sites excluding steroid dienone is 3. The monoisotopic (exact) mass is 364 g/mol. The SMILES string of the molecule is C#CCn1c(C)c(/C=C\C=C)c2cc3c(cc21)c(/C=C\C)c(C=C)n3CC#C. The van der Waals surface area contributed by atoms with Crippen molar-refractivity contribution in [1.29, 1.82) is 0 Å². The van der Waals surface area contributed by atoms with Crippen LogP contribution in [0.4, 0.5) is 0 Å². The van der Waals surface area contributed by atoms with Gasteiger partial charge < -0.3 is 9.13 Å². The van der Waals surface area contributed by atoms with E-state index in [1.54, 1.807) is 6.08 Å². The first-order valence-corrected chi connectivity index (χ1v) is 9.23. The van der Waals surface area contributed by atoms with Gasteiger partial charge in [-0.05, 0) is 32.1 Å². The third-order valence-electron chi connectivity index (χ3n) is 5.06. The van der Waals surface area contributed by atoms with Crippen LogP contribution in [-0.4, -0.2) is 9.13 Å². The van der Waals surface area contributed by atoms with Crippen molar-refractivity contribution in [1.82, 2.24) is 9.13 Å². The second kappa shape index (κ2) is 7.95. The second-order valence-electron chi connectivity index (χ2n) is 6.56. The predicted octanol–water partition coefficient (Wildman–Crippen LogP) is 6.05. The number of benzene rings is 1. The van der Waals surface area contributed by atoms with E-state index in [4.69, 9.17) is 12.8 Å². The number of hydrogen-bond donors (Lipinski definition) is 0. The van der Waals surface area contributed by atoms with Gasteiger partial charge in [-0.15, -0.1) is 12.8 Å². The van der Waals surface area contributed by atoms with E-state index < -0.39 is 0 Å². The van der Waals surface area contributed by atoms with Gasteiger partial charge in [0.2, 0.25) is 0 Å². The zero-order valence-corrected chi connectivity index (χ0v) is 16.5. The molecule has 1 aromatic carbocycles. The summed E-state index contributed by atoms with van der Waals surface area (Å²) in [5.41, 5.74) is 6.65. The maximum atomic E-state index is 5.66. The molecule has 0 aliphatic rings. The van der Waals surface area contributed by atoms with E-state index in [2.05, 4.69) is 65.3 Å². The Kier molecular flexibility index (Phi) is 5.44. The summed E-state index contributed by atoms with van der Waals surface area (Å²) < 4.78 is 4.33. The molecule has 0 amide bonds. The molecule has 0 saturated carbocycles. The molecule has 0 radical (unpaired) electrons. The number of hydrogen-bond acceptors (Lipinski definition) is 0. The summed E-state index contributed by atoms with van der Waals surface area (Å²) in [6, 6.07) is 4.43. The lowest BCUT2D eigenvalue weighted by Crippen LogP contribution is -1.98. The van der Waals surface area contributed by atoms with Gasteiger partial charge in [0.1, 0.15) is 0 Å². The van der Waals surface area contributed by atoms with Gasteiger partial charge in [-0.1, -0.05) is 55.4 Å². The molecular weight excluding hydrogens is 340 g/mol. The molecule has 0 aliphatic heterocycles. The Bertz CT molecular complexity index is 1220. The Hall–Kier alpha value is -3.62. The van der Waals surface area contributed by atoms with E-state index in [9.17, 15) is 0 Å². The minimum absolute atomic E-state index is 0.489. The maximum absolute atomic E-state index is 5.66. The van der Waals surface area contributed by atoms with Crippen molar-refractivity contribution >= 4 is 40.0 Å². The first-order valence-electron chi connectivity index (χ1n) is 9.23. The van der Waals surface area contributed by atoms with Gasteiger partial charge in [0.25, 0.3) is 0 Å². The quantitative estimate of drug-likeness (QED) is 0.372. The van der Waals surface area contributed by atoms with Gasteiger partial charge in [0.05, 0.1) is 24.1 Å². The Balaban J connectivity index is 2.54. The fraction of sp³-hybridized carbons (Fsp3) is 0.154. The zero-order valence-electron chi connectivity index (χ0n) is 16.5. The third kappa shape index (κ3) is 2.90. The van der Waals surface area contributed by atoms with E-state index in [0.29, 0.717) is 13.1 Å². The van der Waals surface area contributed by atoms with Crippen LogP contribution in [0.15, 0.2) is 43.5 Å². The van der Waals surface area contributed by atoms with Gasteiger partial charge in [-0.25, -0.2) is 0 Å². The van der Waals surface area contributed by atoms with Crippen molar-refractivity contribution in [3.8, 4) is 24.7 Å². The molecule has 0 saturated heterocycles. The summed E-state index contributed by atoms with van der Waals surface area (Å²) in [4.78, 5) is 0. The van der Waals surface area contributed by atoms with E-state index in [1.807, 2.05) is 25.2 Å². The minimum atomic E-state index is 0.489. The summed E-state index contributed by atoms with van der Waals surface area (Å²) in [5, 5.41) is 2.29. The zero-order chi connectivity index (χ0) is 20.3. The molecular formula is C26H24N2. The third-order valence-corrected chi connectivity index (χ3v) is 5.06. The molecule has 0 fully saturated rings. The largest absolute Gasteiger partial charge is 0.333 e. The summed E-state index contributed by atoms with van der Waals surface area (Å²) in [5.74, 6) is 5.55. The fourth-order valence-electron chi connectivity index (χ4n) is 3.88. The summed E-state index contributed by atoms with van der Waals surface area (Å²) >= 11 is 0. The van der Waals surface area contributed by atoms with E-state index in [-0.39, 0.29) is 0 Å². The van der Waals surface area contributed by atoms with Crippen molar-refractivity contribution in [3.63, 3.8) is 0 Å². The van der Waals surface area contributed by atoms with Gasteiger partial charge in [0, 0.05) is 33.3 Å². The molecule has 138 valence electrons. The molecule has 0 bridgehead atoms. The Morgan fingerprint density at radius 1 is 0.964 bits per heavy atom. The van der Waals surface area contributed by atoms with Crippen molar-refractivity contribution < 1.29 is 0 Å². The molecule has 3 aromatic rings. The smallest absolute Gasteiger partial charge is 0.0841 e. The highest BCUT2D eigenvalue weighted by Crippen LogP contribution is 2.36. The first kappa shape index (κ1) is 19.2. The Morgan fingerprint density at radius 3 is 2.14 bits per heavy atom. The standard InChI is InChI=1S/C26H24N2/c1-7-12-14-20-19(6)27(15-9-3)25-18-23-21(13-8-2)24(11-5)28(16-10-4)26(23)17-22(20)25/h3-4,7-8,11-14,17-18H,1,5,15-16H2,2,6H3/b13-8-,14-12-. The average molecular weight is 364 g/mol. The fourth-order valence-corrected chi connectivity index (χ4v) is 3.88. The maximum Gasteiger partial charge on any atom is 0.0841 e. The lowest BCUT2D eigenvalue weighted by atomic mass is 10.1. The van der Waals surface area contributed by atoms with Crippen LogP contribution < -0.4 is 0 Å². The molecule has 2 aromatic heterocycles. The van der Waals surface area contributed by atoms with Crippen LogP contribution in [0, 0.1) is 31.6 Å². The minimum Gasteiger partial charge on any atom is -0.333 e. The number of rotatable bonds is 6. The molecule has 2 nitrogen and oxygen atoms in total. The van der Waals surface area contributed by atoms with Gasteiger partial charge >= 0.3 is 0 Å². The van der Waals surface area contributed by atoms with Crippen LogP contribution in [0.25, 0.3) is 40.0 Å². The lowest BCUT2D eigenvalue weighted by Gasteiger charge is -2.05. The number of nitrogens with zero attached hydrogens (tertiary/aromatic N) is 2. The van der Waals surface area contributed by atoms with E-state index in [0.717, 1.165) is 44.3 Å². The summed E-state index contributed by atoms with van der Waals surface area (Å²) in [7, 11) is 0. The van der Waals surface area contributed by atoms with Crippen LogP contribution in [0.1, 0.15) is 29.4 Å². The first-order chi connectivity index (χ1) is 13.6. The van der Waals surface area contributed by atoms with Crippen LogP contribution in [0.3, 0.4) is 0 Å². The van der Waals surface area contributed by atoms with Crippen molar-refractivity contribution in [3.05, 3.63) is 66.0 Å². The van der Waals surface area contributed by atoms with E-state index >= 15 is 0 Å². The van der Waals surface area contributed by atoms with Gasteiger partial charge in [-0.3, -0.25) is 0 Å². The van der Waals surface area contributed by atoms with Crippen LogP contribution >= 0.6 is 0 Å². The van der Waals surface area contributed by atoms with Gasteiger partial charge in [0.15, 0.2) is 0 Å². The molecule has 0 unspecified atom stereocenters. The number of fused-ring (bicyclic) bond motifs is 2. The van der Waals surface area contributed by atoms with Crippen molar-refractivity contribution in [2.24, 2.45) is 0 Å². The number of terminal acetylenes is 2. The molecule has 0 aliphatic carbocycles. The molecule has 2 heterocycles. The van der Waals surface area contributed by atoms with E-state index in [1.165, 1.54) is 0 Å². The lowest BCUT2D eigenvalue weighted by molar-refractivity contribution is 0.846. The molecule has 0 spiro atoms. The van der Waals surface area contributed by atoms with Crippen LogP contribution in [0.2, 0.25) is 0 Å². The number of aromatic nitrogens is 2. The van der Waals surface area contributed by atoms with Crippen LogP contribution in [-0.2, 0) is 13.1 Å².